The Labute approximate surface area is 157 Å². The number of benzene rings is 1. The van der Waals surface area contributed by atoms with Crippen LogP contribution in [0, 0.1) is 19.8 Å². The van der Waals surface area contributed by atoms with E-state index in [1.54, 1.807) is 0 Å². The van der Waals surface area contributed by atoms with E-state index in [2.05, 4.69) is 55.0 Å². The van der Waals surface area contributed by atoms with E-state index in [-0.39, 0.29) is 24.0 Å². The van der Waals surface area contributed by atoms with Crippen molar-refractivity contribution in [2.45, 2.75) is 46.6 Å². The molecule has 0 spiro atoms. The van der Waals surface area contributed by atoms with E-state index in [4.69, 9.17) is 5.73 Å². The van der Waals surface area contributed by atoms with Crippen LogP contribution in [0.1, 0.15) is 37.8 Å². The molecule has 130 valence electrons. The molecule has 5 heteroatoms. The highest BCUT2D eigenvalue weighted by atomic mass is 127. The fourth-order valence-electron chi connectivity index (χ4n) is 3.02. The molecule has 0 saturated carbocycles. The third-order valence-electron chi connectivity index (χ3n) is 4.61. The molecule has 23 heavy (non-hydrogen) atoms. The van der Waals surface area contributed by atoms with Gasteiger partial charge in [-0.25, -0.2) is 0 Å². The number of aryl methyl sites for hydroxylation is 2. The number of guanidine groups is 1. The van der Waals surface area contributed by atoms with Gasteiger partial charge >= 0.3 is 0 Å². The smallest absolute Gasteiger partial charge is 0.193 e. The van der Waals surface area contributed by atoms with Crippen molar-refractivity contribution in [3.05, 3.63) is 29.3 Å². The third kappa shape index (κ3) is 5.95. The van der Waals surface area contributed by atoms with Crippen LogP contribution in [0.25, 0.3) is 0 Å². The number of nitrogens with two attached hydrogens (primary N) is 1. The molecule has 1 aliphatic heterocycles. The standard InChI is InChI=1S/C18H30N4.HI/c1-13(2)17(22-9-5-6-10-22)12-20-18(19)21-16-8-7-14(3)15(4)11-16;/h7-8,11,13,17H,5-6,9-10,12H2,1-4H3,(H3,19,20,21);1H. The minimum Gasteiger partial charge on any atom is -0.370 e. The Hall–Kier alpha value is -0.820. The molecule has 0 aliphatic carbocycles. The SMILES string of the molecule is Cc1ccc(NC(N)=NCC(C(C)C)N2CCCC2)cc1C.I. The number of nitrogens with one attached hydrogen (secondary N) is 1. The lowest BCUT2D eigenvalue weighted by Crippen LogP contribution is -2.40. The van der Waals surface area contributed by atoms with Gasteiger partial charge in [-0.2, -0.15) is 0 Å². The van der Waals surface area contributed by atoms with Crippen molar-refractivity contribution in [2.75, 3.05) is 25.0 Å². The predicted molar refractivity (Wildman–Crippen MR) is 111 cm³/mol. The summed E-state index contributed by atoms with van der Waals surface area (Å²) in [6.45, 7) is 11.9. The van der Waals surface area contributed by atoms with Crippen molar-refractivity contribution in [2.24, 2.45) is 16.6 Å². The van der Waals surface area contributed by atoms with Gasteiger partial charge in [-0.15, -0.1) is 24.0 Å². The lowest BCUT2D eigenvalue weighted by Gasteiger charge is -2.29. The molecule has 1 heterocycles. The van der Waals surface area contributed by atoms with Crippen LogP contribution >= 0.6 is 24.0 Å². The zero-order valence-electron chi connectivity index (χ0n) is 14.8. The normalized spacial score (nSPS) is 17.2. The van der Waals surface area contributed by atoms with Crippen molar-refractivity contribution in [1.82, 2.24) is 4.90 Å². The summed E-state index contributed by atoms with van der Waals surface area (Å²) in [4.78, 5) is 7.13. The number of hydrogen-bond acceptors (Lipinski definition) is 2. The highest BCUT2D eigenvalue weighted by molar-refractivity contribution is 14.0. The van der Waals surface area contributed by atoms with E-state index in [9.17, 15) is 0 Å². The van der Waals surface area contributed by atoms with Gasteiger partial charge in [0.2, 0.25) is 0 Å². The van der Waals surface area contributed by atoms with Crippen LogP contribution in [0.15, 0.2) is 23.2 Å². The van der Waals surface area contributed by atoms with Gasteiger partial charge in [0, 0.05) is 11.7 Å². The van der Waals surface area contributed by atoms with Gasteiger partial charge in [-0.05, 0) is 69.0 Å². The minimum absolute atomic E-state index is 0. The van der Waals surface area contributed by atoms with Crippen molar-refractivity contribution in [3.8, 4) is 0 Å². The van der Waals surface area contributed by atoms with Crippen LogP contribution in [0.3, 0.4) is 0 Å². The minimum atomic E-state index is 0. The molecule has 0 aromatic heterocycles. The van der Waals surface area contributed by atoms with Crippen LogP contribution in [-0.4, -0.2) is 36.5 Å². The predicted octanol–water partition coefficient (Wildman–Crippen LogP) is 3.77. The van der Waals surface area contributed by atoms with E-state index < -0.39 is 0 Å². The summed E-state index contributed by atoms with van der Waals surface area (Å²) >= 11 is 0. The second-order valence-electron chi connectivity index (χ2n) is 6.70. The first-order valence-corrected chi connectivity index (χ1v) is 8.35. The molecule has 1 aromatic rings. The van der Waals surface area contributed by atoms with Crippen LogP contribution < -0.4 is 11.1 Å². The summed E-state index contributed by atoms with van der Waals surface area (Å²) in [5.74, 6) is 1.10. The van der Waals surface area contributed by atoms with Crippen molar-refractivity contribution < 1.29 is 0 Å². The topological polar surface area (TPSA) is 53.6 Å². The summed E-state index contributed by atoms with van der Waals surface area (Å²) in [7, 11) is 0. The number of hydrogen-bond donors (Lipinski definition) is 2. The van der Waals surface area contributed by atoms with Crippen LogP contribution in [-0.2, 0) is 0 Å². The lowest BCUT2D eigenvalue weighted by molar-refractivity contribution is 0.198. The number of aliphatic imine (C=N–C) groups is 1. The molecule has 2 rings (SSSR count). The van der Waals surface area contributed by atoms with E-state index >= 15 is 0 Å². The fourth-order valence-corrected chi connectivity index (χ4v) is 3.02. The lowest BCUT2D eigenvalue weighted by atomic mass is 10.0. The molecule has 0 bridgehead atoms. The molecule has 1 atom stereocenters. The molecule has 1 fully saturated rings. The molecule has 3 N–H and O–H groups in total. The second kappa shape index (κ2) is 9.47. The molecular formula is C18H31IN4. The van der Waals surface area contributed by atoms with Crippen LogP contribution in [0.2, 0.25) is 0 Å². The number of anilines is 1. The number of likely N-dealkylation sites (tertiary alicyclic amines) is 1. The zero-order chi connectivity index (χ0) is 16.1. The Balaban J connectivity index is 0.00000264. The van der Waals surface area contributed by atoms with Gasteiger partial charge in [0.1, 0.15) is 0 Å². The van der Waals surface area contributed by atoms with Gasteiger partial charge in [-0.1, -0.05) is 19.9 Å². The monoisotopic (exact) mass is 430 g/mol. The molecule has 1 aliphatic rings. The van der Waals surface area contributed by atoms with Gasteiger partial charge < -0.3 is 11.1 Å². The molecule has 1 aromatic carbocycles. The van der Waals surface area contributed by atoms with Gasteiger partial charge in [-0.3, -0.25) is 9.89 Å². The van der Waals surface area contributed by atoms with Crippen molar-refractivity contribution in [1.29, 1.82) is 0 Å². The Bertz CT molecular complexity index is 522. The van der Waals surface area contributed by atoms with E-state index in [0.717, 1.165) is 12.2 Å². The van der Waals surface area contributed by atoms with Crippen LogP contribution in [0.5, 0.6) is 0 Å². The first-order chi connectivity index (χ1) is 10.5. The van der Waals surface area contributed by atoms with Crippen molar-refractivity contribution in [3.63, 3.8) is 0 Å². The first kappa shape index (κ1) is 20.2. The Morgan fingerprint density at radius 3 is 2.43 bits per heavy atom. The Kier molecular flexibility index (Phi) is 8.33. The maximum atomic E-state index is 6.06. The summed E-state index contributed by atoms with van der Waals surface area (Å²) < 4.78 is 0. The summed E-state index contributed by atoms with van der Waals surface area (Å²) in [5, 5.41) is 3.20. The van der Waals surface area contributed by atoms with Gasteiger partial charge in [0.05, 0.1) is 6.54 Å². The van der Waals surface area contributed by atoms with Crippen LogP contribution in [0.4, 0.5) is 5.69 Å². The molecule has 0 radical (unpaired) electrons. The quantitative estimate of drug-likeness (QED) is 0.425. The maximum absolute atomic E-state index is 6.06. The molecular weight excluding hydrogens is 399 g/mol. The first-order valence-electron chi connectivity index (χ1n) is 8.35. The maximum Gasteiger partial charge on any atom is 0.193 e. The Morgan fingerprint density at radius 1 is 1.22 bits per heavy atom. The zero-order valence-corrected chi connectivity index (χ0v) is 17.1. The second-order valence-corrected chi connectivity index (χ2v) is 6.70. The highest BCUT2D eigenvalue weighted by Crippen LogP contribution is 2.18. The number of nitrogens with zero attached hydrogens (tertiary/aromatic N) is 2. The van der Waals surface area contributed by atoms with E-state index in [1.807, 2.05) is 6.07 Å². The van der Waals surface area contributed by atoms with Gasteiger partial charge in [0.15, 0.2) is 5.96 Å². The van der Waals surface area contributed by atoms with E-state index in [1.165, 1.54) is 37.1 Å². The average Bonchev–Trinajstić information content (AvgIpc) is 2.97. The number of halogens is 1. The average molecular weight is 430 g/mol. The molecule has 4 nitrogen and oxygen atoms in total. The Morgan fingerprint density at radius 2 is 1.87 bits per heavy atom. The summed E-state index contributed by atoms with van der Waals surface area (Å²) in [5.41, 5.74) is 9.61. The molecule has 0 amide bonds. The van der Waals surface area contributed by atoms with Crippen molar-refractivity contribution >= 4 is 35.6 Å². The molecule has 1 unspecified atom stereocenters. The molecule has 1 saturated heterocycles. The highest BCUT2D eigenvalue weighted by Gasteiger charge is 2.24. The fraction of sp³-hybridized carbons (Fsp3) is 0.611. The van der Waals surface area contributed by atoms with Gasteiger partial charge in [0.25, 0.3) is 0 Å². The summed E-state index contributed by atoms with van der Waals surface area (Å²) in [6, 6.07) is 6.75. The largest absolute Gasteiger partial charge is 0.370 e. The third-order valence-corrected chi connectivity index (χ3v) is 4.61. The van der Waals surface area contributed by atoms with E-state index in [0.29, 0.717) is 17.9 Å². The number of rotatable bonds is 5. The summed E-state index contributed by atoms with van der Waals surface area (Å²) in [6.07, 6.45) is 2.62.